The molecule has 0 aromatic carbocycles. The summed E-state index contributed by atoms with van der Waals surface area (Å²) >= 11 is 5.60. The van der Waals surface area contributed by atoms with Crippen LogP contribution in [0.1, 0.15) is 33.6 Å². The number of hydrogen-bond acceptors (Lipinski definition) is 4. The van der Waals surface area contributed by atoms with E-state index in [1.807, 2.05) is 6.92 Å². The van der Waals surface area contributed by atoms with Crippen molar-refractivity contribution < 1.29 is 17.9 Å². The number of halogens is 1. The van der Waals surface area contributed by atoms with Crippen LogP contribution in [0.3, 0.4) is 0 Å². The molecule has 108 valence electrons. The average molecular weight is 301 g/mol. The molecule has 1 atom stereocenters. The molecule has 8 heteroatoms. The van der Waals surface area contributed by atoms with E-state index in [0.29, 0.717) is 5.88 Å². The van der Waals surface area contributed by atoms with Crippen molar-refractivity contribution >= 4 is 27.9 Å². The summed E-state index contributed by atoms with van der Waals surface area (Å²) in [6.45, 7) is 5.46. The number of amides is 1. The lowest BCUT2D eigenvalue weighted by Gasteiger charge is -2.15. The Labute approximate surface area is 114 Å². The SMILES string of the molecule is CCC(CCCl)CNS(=O)(=O)NC(=O)OC(C)C. The molecule has 0 radical (unpaired) electrons. The highest BCUT2D eigenvalue weighted by Gasteiger charge is 2.17. The van der Waals surface area contributed by atoms with E-state index in [1.165, 1.54) is 0 Å². The largest absolute Gasteiger partial charge is 0.446 e. The van der Waals surface area contributed by atoms with Gasteiger partial charge in [0.2, 0.25) is 0 Å². The number of rotatable bonds is 8. The Morgan fingerprint density at radius 2 is 2.00 bits per heavy atom. The molecule has 0 aromatic rings. The normalized spacial score (nSPS) is 13.4. The van der Waals surface area contributed by atoms with Gasteiger partial charge in [-0.3, -0.25) is 0 Å². The van der Waals surface area contributed by atoms with Crippen molar-refractivity contribution in [3.63, 3.8) is 0 Å². The Balaban J connectivity index is 4.18. The van der Waals surface area contributed by atoms with E-state index in [0.717, 1.165) is 12.8 Å². The van der Waals surface area contributed by atoms with E-state index in [-0.39, 0.29) is 18.6 Å². The maximum absolute atomic E-state index is 11.5. The van der Waals surface area contributed by atoms with E-state index >= 15 is 0 Å². The molecule has 0 aliphatic rings. The van der Waals surface area contributed by atoms with Crippen LogP contribution in [0.4, 0.5) is 4.79 Å². The quantitative estimate of drug-likeness (QED) is 0.667. The summed E-state index contributed by atoms with van der Waals surface area (Å²) < 4.78 is 31.7. The number of carbonyl (C=O) groups is 1. The first-order valence-corrected chi connectivity index (χ1v) is 7.86. The second kappa shape index (κ2) is 8.55. The van der Waals surface area contributed by atoms with Crippen molar-refractivity contribution in [2.24, 2.45) is 5.92 Å². The van der Waals surface area contributed by atoms with Crippen LogP contribution in [0.5, 0.6) is 0 Å². The second-order valence-corrected chi connectivity index (χ2v) is 6.04. The lowest BCUT2D eigenvalue weighted by Crippen LogP contribution is -2.42. The molecule has 0 fully saturated rings. The minimum absolute atomic E-state index is 0.153. The summed E-state index contributed by atoms with van der Waals surface area (Å²) in [4.78, 5) is 11.1. The van der Waals surface area contributed by atoms with Crippen molar-refractivity contribution in [2.75, 3.05) is 12.4 Å². The molecule has 0 rings (SSSR count). The first-order valence-electron chi connectivity index (χ1n) is 5.84. The van der Waals surface area contributed by atoms with Gasteiger partial charge in [0.05, 0.1) is 6.10 Å². The molecule has 18 heavy (non-hydrogen) atoms. The molecular formula is C10H21ClN2O4S. The zero-order valence-corrected chi connectivity index (χ0v) is 12.5. The van der Waals surface area contributed by atoms with Gasteiger partial charge < -0.3 is 4.74 Å². The summed E-state index contributed by atoms with van der Waals surface area (Å²) in [5.74, 6) is 0.628. The molecule has 0 saturated heterocycles. The number of alkyl halides is 1. The lowest BCUT2D eigenvalue weighted by molar-refractivity contribution is 0.121. The smallest absolute Gasteiger partial charge is 0.422 e. The van der Waals surface area contributed by atoms with Gasteiger partial charge in [-0.25, -0.2) is 9.52 Å². The van der Waals surface area contributed by atoms with Crippen molar-refractivity contribution in [1.29, 1.82) is 0 Å². The van der Waals surface area contributed by atoms with Gasteiger partial charge in [0.15, 0.2) is 0 Å². The Hall–Kier alpha value is -0.530. The Morgan fingerprint density at radius 1 is 1.39 bits per heavy atom. The van der Waals surface area contributed by atoms with Crippen LogP contribution in [0, 0.1) is 5.92 Å². The summed E-state index contributed by atoms with van der Waals surface area (Å²) in [7, 11) is -3.87. The number of nitrogens with one attached hydrogen (secondary N) is 2. The van der Waals surface area contributed by atoms with Crippen LogP contribution < -0.4 is 9.44 Å². The second-order valence-electron chi connectivity index (χ2n) is 4.16. The van der Waals surface area contributed by atoms with Crippen molar-refractivity contribution in [3.8, 4) is 0 Å². The Morgan fingerprint density at radius 3 is 2.44 bits per heavy atom. The monoisotopic (exact) mass is 300 g/mol. The fourth-order valence-corrected chi connectivity index (χ4v) is 2.32. The number of carbonyl (C=O) groups excluding carboxylic acids is 1. The summed E-state index contributed by atoms with van der Waals surface area (Å²) in [5, 5.41) is 0. The zero-order chi connectivity index (χ0) is 14.2. The van der Waals surface area contributed by atoms with Crippen molar-refractivity contribution in [3.05, 3.63) is 0 Å². The van der Waals surface area contributed by atoms with Gasteiger partial charge in [0, 0.05) is 12.4 Å². The number of hydrogen-bond donors (Lipinski definition) is 2. The molecule has 0 aliphatic heterocycles. The molecule has 0 bridgehead atoms. The van der Waals surface area contributed by atoms with E-state index in [2.05, 4.69) is 9.46 Å². The van der Waals surface area contributed by atoms with Gasteiger partial charge in [-0.2, -0.15) is 13.1 Å². The minimum Gasteiger partial charge on any atom is -0.446 e. The number of ether oxygens (including phenoxy) is 1. The maximum Gasteiger partial charge on any atom is 0.422 e. The van der Waals surface area contributed by atoms with E-state index in [4.69, 9.17) is 11.6 Å². The third kappa shape index (κ3) is 8.54. The van der Waals surface area contributed by atoms with Crippen LogP contribution in [0.15, 0.2) is 0 Å². The third-order valence-corrected chi connectivity index (χ3v) is 3.42. The fraction of sp³-hybridized carbons (Fsp3) is 0.900. The highest BCUT2D eigenvalue weighted by Crippen LogP contribution is 2.07. The van der Waals surface area contributed by atoms with Gasteiger partial charge >= 0.3 is 16.3 Å². The zero-order valence-electron chi connectivity index (χ0n) is 10.9. The van der Waals surface area contributed by atoms with Gasteiger partial charge in [-0.15, -0.1) is 11.6 Å². The summed E-state index contributed by atoms with van der Waals surface area (Å²) in [6, 6.07) is 0. The molecule has 0 saturated carbocycles. The first-order chi connectivity index (χ1) is 8.30. The van der Waals surface area contributed by atoms with Crippen LogP contribution >= 0.6 is 11.6 Å². The highest BCUT2D eigenvalue weighted by atomic mass is 35.5. The summed E-state index contributed by atoms with van der Waals surface area (Å²) in [6.07, 6.45) is 0.172. The standard InChI is InChI=1S/C10H21ClN2O4S/c1-4-9(5-6-11)7-12-18(15,16)13-10(14)17-8(2)3/h8-9,12H,4-7H2,1-3H3,(H,13,14). The predicted octanol–water partition coefficient (Wildman–Crippen LogP) is 1.61. The Kier molecular flexibility index (Phi) is 8.30. The van der Waals surface area contributed by atoms with Gasteiger partial charge in [0.25, 0.3) is 0 Å². The predicted molar refractivity (Wildman–Crippen MR) is 70.8 cm³/mol. The molecule has 6 nitrogen and oxygen atoms in total. The third-order valence-electron chi connectivity index (χ3n) is 2.22. The first kappa shape index (κ1) is 17.5. The van der Waals surface area contributed by atoms with Crippen molar-refractivity contribution in [2.45, 2.75) is 39.7 Å². The Bertz CT molecular complexity index is 346. The van der Waals surface area contributed by atoms with Crippen LogP contribution in [0.25, 0.3) is 0 Å². The van der Waals surface area contributed by atoms with Crippen LogP contribution in [-0.4, -0.2) is 33.0 Å². The molecular weight excluding hydrogens is 280 g/mol. The van der Waals surface area contributed by atoms with Gasteiger partial charge in [0.1, 0.15) is 0 Å². The fourth-order valence-electron chi connectivity index (χ4n) is 1.22. The molecule has 1 unspecified atom stereocenters. The van der Waals surface area contributed by atoms with Crippen LogP contribution in [0.2, 0.25) is 0 Å². The van der Waals surface area contributed by atoms with E-state index in [9.17, 15) is 13.2 Å². The maximum atomic E-state index is 11.5. The van der Waals surface area contributed by atoms with E-state index < -0.39 is 16.3 Å². The average Bonchev–Trinajstić information content (AvgIpc) is 2.22. The van der Waals surface area contributed by atoms with Gasteiger partial charge in [-0.1, -0.05) is 13.3 Å². The van der Waals surface area contributed by atoms with Crippen molar-refractivity contribution in [1.82, 2.24) is 9.44 Å². The molecule has 1 amide bonds. The molecule has 0 spiro atoms. The minimum atomic E-state index is -3.87. The van der Waals surface area contributed by atoms with Gasteiger partial charge in [-0.05, 0) is 26.2 Å². The van der Waals surface area contributed by atoms with Crippen LogP contribution in [-0.2, 0) is 14.9 Å². The highest BCUT2D eigenvalue weighted by molar-refractivity contribution is 7.88. The topological polar surface area (TPSA) is 84.5 Å². The van der Waals surface area contributed by atoms with E-state index in [1.54, 1.807) is 18.6 Å². The summed E-state index contributed by atoms with van der Waals surface area (Å²) in [5.41, 5.74) is 0. The molecule has 0 heterocycles. The lowest BCUT2D eigenvalue weighted by atomic mass is 10.0. The molecule has 0 aliphatic carbocycles. The molecule has 2 N–H and O–H groups in total. The molecule has 0 aromatic heterocycles.